The minimum Gasteiger partial charge on any atom is -0.387 e. The number of nitrogens with two attached hydrogens (primary N) is 1. The lowest BCUT2D eigenvalue weighted by Crippen LogP contribution is -2.50. The van der Waals surface area contributed by atoms with Crippen LogP contribution >= 0.6 is 0 Å². The first-order chi connectivity index (χ1) is 18.3. The standard InChI is InChI=1S/C34H50N4/c1-7-9-20-33(35)37-34(21-23-38(24-22-34)32-19-14-13-18-30(32)26(3)4)28(6)36-31(27(5)15-8-2)25-29-16-11-10-12-17-29/h10-19,26,31,36H,6-9,20-25H2,1-5H3,(H2,35,37). The highest BCUT2D eigenvalue weighted by atomic mass is 15.2. The second-order valence-electron chi connectivity index (χ2n) is 11.2. The van der Waals surface area contributed by atoms with Crippen molar-refractivity contribution in [3.05, 3.63) is 89.6 Å². The van der Waals surface area contributed by atoms with Gasteiger partial charge in [0.05, 0.1) is 11.9 Å². The number of hydrogen-bond acceptors (Lipinski definition) is 3. The van der Waals surface area contributed by atoms with Crippen LogP contribution in [0.1, 0.15) is 90.2 Å². The normalized spacial score (nSPS) is 16.9. The quantitative estimate of drug-likeness (QED) is 0.163. The molecular formula is C34H50N4. The van der Waals surface area contributed by atoms with Crippen molar-refractivity contribution in [3.8, 4) is 0 Å². The van der Waals surface area contributed by atoms with Gasteiger partial charge in [0, 0.05) is 30.9 Å². The number of aliphatic imine (C=N–C) groups is 1. The fourth-order valence-electron chi connectivity index (χ4n) is 5.54. The van der Waals surface area contributed by atoms with Crippen molar-refractivity contribution in [1.29, 1.82) is 0 Å². The van der Waals surface area contributed by atoms with Crippen LogP contribution in [0.4, 0.5) is 5.69 Å². The Labute approximate surface area is 232 Å². The van der Waals surface area contributed by atoms with Crippen LogP contribution in [-0.2, 0) is 6.42 Å². The van der Waals surface area contributed by atoms with Crippen LogP contribution in [0.5, 0.6) is 0 Å². The van der Waals surface area contributed by atoms with E-state index in [1.807, 2.05) is 0 Å². The molecule has 206 valence electrons. The number of hydrogen-bond donors (Lipinski definition) is 2. The number of benzene rings is 2. The molecule has 2 aromatic carbocycles. The minimum absolute atomic E-state index is 0.175. The third-order valence-corrected chi connectivity index (χ3v) is 7.90. The molecule has 1 aliphatic rings. The van der Waals surface area contributed by atoms with Gasteiger partial charge in [-0.2, -0.15) is 0 Å². The summed E-state index contributed by atoms with van der Waals surface area (Å²) in [5.74, 6) is 1.25. The number of nitrogens with zero attached hydrogens (tertiary/aromatic N) is 2. The van der Waals surface area contributed by atoms with Gasteiger partial charge in [0.15, 0.2) is 0 Å². The van der Waals surface area contributed by atoms with Gasteiger partial charge in [0.25, 0.3) is 0 Å². The zero-order valence-electron chi connectivity index (χ0n) is 24.5. The number of nitrogens with one attached hydrogen (secondary N) is 1. The average Bonchev–Trinajstić information content (AvgIpc) is 2.92. The van der Waals surface area contributed by atoms with Gasteiger partial charge in [0.2, 0.25) is 0 Å². The van der Waals surface area contributed by atoms with Crippen LogP contribution in [0.25, 0.3) is 0 Å². The monoisotopic (exact) mass is 514 g/mol. The maximum Gasteiger partial charge on any atom is 0.105 e. The highest BCUT2D eigenvalue weighted by Gasteiger charge is 2.39. The third-order valence-electron chi connectivity index (χ3n) is 7.90. The van der Waals surface area contributed by atoms with E-state index in [-0.39, 0.29) is 6.04 Å². The molecule has 0 radical (unpaired) electrons. The molecule has 1 atom stereocenters. The smallest absolute Gasteiger partial charge is 0.105 e. The molecule has 4 nitrogen and oxygen atoms in total. The lowest BCUT2D eigenvalue weighted by atomic mass is 9.83. The van der Waals surface area contributed by atoms with Crippen LogP contribution < -0.4 is 16.0 Å². The van der Waals surface area contributed by atoms with Crippen LogP contribution in [-0.4, -0.2) is 30.5 Å². The number of allylic oxidation sites excluding steroid dienone is 1. The predicted octanol–water partition coefficient (Wildman–Crippen LogP) is 7.77. The molecule has 3 N–H and O–H groups in total. The highest BCUT2D eigenvalue weighted by molar-refractivity contribution is 5.81. The van der Waals surface area contributed by atoms with Crippen LogP contribution in [0.2, 0.25) is 0 Å². The van der Waals surface area contributed by atoms with Crippen molar-refractivity contribution < 1.29 is 0 Å². The second kappa shape index (κ2) is 14.2. The molecule has 1 saturated heterocycles. The van der Waals surface area contributed by atoms with Crippen molar-refractivity contribution in [2.45, 2.75) is 97.1 Å². The molecule has 1 fully saturated rings. The fourth-order valence-corrected chi connectivity index (χ4v) is 5.54. The number of rotatable bonds is 13. The van der Waals surface area contributed by atoms with E-state index in [1.54, 1.807) is 0 Å². The summed E-state index contributed by atoms with van der Waals surface area (Å²) < 4.78 is 0. The molecule has 1 aliphatic heterocycles. The van der Waals surface area contributed by atoms with Gasteiger partial charge in [-0.15, -0.1) is 0 Å². The fraction of sp³-hybridized carbons (Fsp3) is 0.500. The Morgan fingerprint density at radius 3 is 2.37 bits per heavy atom. The van der Waals surface area contributed by atoms with Crippen molar-refractivity contribution in [2.24, 2.45) is 10.7 Å². The molecule has 4 heteroatoms. The van der Waals surface area contributed by atoms with Gasteiger partial charge >= 0.3 is 0 Å². The second-order valence-corrected chi connectivity index (χ2v) is 11.2. The summed E-state index contributed by atoms with van der Waals surface area (Å²) in [7, 11) is 0. The molecule has 0 amide bonds. The molecule has 0 bridgehead atoms. The summed E-state index contributed by atoms with van der Waals surface area (Å²) in [5.41, 5.74) is 12.6. The molecular weight excluding hydrogens is 464 g/mol. The van der Waals surface area contributed by atoms with Crippen LogP contribution in [0, 0.1) is 0 Å². The van der Waals surface area contributed by atoms with Crippen molar-refractivity contribution in [1.82, 2.24) is 5.32 Å². The van der Waals surface area contributed by atoms with E-state index in [2.05, 4.69) is 112 Å². The lowest BCUT2D eigenvalue weighted by molar-refractivity contribution is 0.361. The van der Waals surface area contributed by atoms with Crippen LogP contribution in [0.3, 0.4) is 0 Å². The molecule has 1 heterocycles. The van der Waals surface area contributed by atoms with Gasteiger partial charge in [-0.1, -0.05) is 101 Å². The van der Waals surface area contributed by atoms with E-state index in [0.29, 0.717) is 5.92 Å². The number of piperidine rings is 1. The van der Waals surface area contributed by atoms with Crippen molar-refractivity contribution >= 4 is 11.5 Å². The highest BCUT2D eigenvalue weighted by Crippen LogP contribution is 2.37. The maximum atomic E-state index is 6.54. The molecule has 0 aliphatic carbocycles. The summed E-state index contributed by atoms with van der Waals surface area (Å²) in [5, 5.41) is 3.86. The first-order valence-corrected chi connectivity index (χ1v) is 14.6. The molecule has 38 heavy (non-hydrogen) atoms. The van der Waals surface area contributed by atoms with E-state index in [9.17, 15) is 0 Å². The number of anilines is 1. The topological polar surface area (TPSA) is 53.6 Å². The van der Waals surface area contributed by atoms with E-state index >= 15 is 0 Å². The molecule has 3 rings (SSSR count). The Bertz CT molecular complexity index is 1070. The molecule has 0 spiro atoms. The third kappa shape index (κ3) is 7.75. The average molecular weight is 515 g/mol. The number of amidine groups is 1. The van der Waals surface area contributed by atoms with Gasteiger partial charge in [0.1, 0.15) is 5.54 Å². The minimum atomic E-state index is -0.400. The lowest BCUT2D eigenvalue weighted by Gasteiger charge is -2.43. The van der Waals surface area contributed by atoms with Gasteiger partial charge in [-0.3, -0.25) is 4.99 Å². The maximum absolute atomic E-state index is 6.54. The first-order valence-electron chi connectivity index (χ1n) is 14.6. The zero-order chi connectivity index (χ0) is 27.5. The molecule has 1 unspecified atom stereocenters. The molecule has 0 saturated carbocycles. The molecule has 0 aromatic heterocycles. The Hall–Kier alpha value is -3.01. The zero-order valence-corrected chi connectivity index (χ0v) is 24.5. The Morgan fingerprint density at radius 2 is 1.74 bits per heavy atom. The first kappa shape index (κ1) is 29.5. The SMILES string of the molecule is C=C(NC(Cc1ccccc1)C(C)=CCC)C1(N=C(N)CCCC)CCN(c2ccccc2C(C)C)CC1. The Morgan fingerprint density at radius 1 is 1.08 bits per heavy atom. The summed E-state index contributed by atoms with van der Waals surface area (Å²) in [6, 6.07) is 19.7. The summed E-state index contributed by atoms with van der Waals surface area (Å²) in [4.78, 5) is 7.77. The Kier molecular flexibility index (Phi) is 11.1. The summed E-state index contributed by atoms with van der Waals surface area (Å²) >= 11 is 0. The van der Waals surface area contributed by atoms with Crippen LogP contribution in [0.15, 0.2) is 83.5 Å². The van der Waals surface area contributed by atoms with E-state index in [1.165, 1.54) is 22.4 Å². The van der Waals surface area contributed by atoms with Gasteiger partial charge in [-0.05, 0) is 62.1 Å². The molecule has 2 aromatic rings. The van der Waals surface area contributed by atoms with Gasteiger partial charge in [-0.25, -0.2) is 0 Å². The summed E-state index contributed by atoms with van der Waals surface area (Å²) in [6.45, 7) is 17.7. The summed E-state index contributed by atoms with van der Waals surface area (Å²) in [6.07, 6.45) is 9.07. The number of para-hydroxylation sites is 1. The van der Waals surface area contributed by atoms with Crippen molar-refractivity contribution in [2.75, 3.05) is 18.0 Å². The van der Waals surface area contributed by atoms with Gasteiger partial charge < -0.3 is 16.0 Å². The largest absolute Gasteiger partial charge is 0.387 e. The van der Waals surface area contributed by atoms with Crippen molar-refractivity contribution in [3.63, 3.8) is 0 Å². The van der Waals surface area contributed by atoms with E-state index < -0.39 is 5.54 Å². The van der Waals surface area contributed by atoms with E-state index in [4.69, 9.17) is 10.7 Å². The Balaban J connectivity index is 1.88. The number of unbranched alkanes of at least 4 members (excludes halogenated alkanes) is 1. The van der Waals surface area contributed by atoms with E-state index in [0.717, 1.165) is 69.6 Å². The predicted molar refractivity (Wildman–Crippen MR) is 166 cm³/mol.